The van der Waals surface area contributed by atoms with Gasteiger partial charge in [-0.25, -0.2) is 8.42 Å². The van der Waals surface area contributed by atoms with Crippen molar-refractivity contribution in [3.63, 3.8) is 0 Å². The largest absolute Gasteiger partial charge is 0.389 e. The quantitative estimate of drug-likeness (QED) is 0.812. The third kappa shape index (κ3) is 3.42. The standard InChI is InChI=1S/C11H8Cl2N2O2S3/c12-7-2-1-6(11(14)18)5-8(7)15-20(16,17)10-4-3-9(13)19-10/h1-5,15H,(H2,14,18). The number of nitrogens with two attached hydrogens (primary N) is 1. The average Bonchev–Trinajstić information content (AvgIpc) is 2.79. The highest BCUT2D eigenvalue weighted by Gasteiger charge is 2.18. The minimum absolute atomic E-state index is 0.0966. The van der Waals surface area contributed by atoms with E-state index in [4.69, 9.17) is 41.2 Å². The maximum Gasteiger partial charge on any atom is 0.271 e. The minimum Gasteiger partial charge on any atom is -0.389 e. The maximum atomic E-state index is 12.2. The van der Waals surface area contributed by atoms with E-state index in [-0.39, 0.29) is 19.9 Å². The summed E-state index contributed by atoms with van der Waals surface area (Å²) in [5.74, 6) is 0. The molecule has 0 saturated heterocycles. The van der Waals surface area contributed by atoms with Gasteiger partial charge in [0.25, 0.3) is 10.0 Å². The van der Waals surface area contributed by atoms with Crippen molar-refractivity contribution in [2.24, 2.45) is 5.73 Å². The molecule has 2 aromatic rings. The van der Waals surface area contributed by atoms with Crippen LogP contribution in [0.3, 0.4) is 0 Å². The molecule has 1 aromatic heterocycles. The second-order valence-corrected chi connectivity index (χ2v) is 8.19. The molecule has 0 spiro atoms. The van der Waals surface area contributed by atoms with Gasteiger partial charge in [-0.15, -0.1) is 11.3 Å². The zero-order valence-electron chi connectivity index (χ0n) is 9.76. The number of nitrogens with one attached hydrogen (secondary N) is 1. The highest BCUT2D eigenvalue weighted by atomic mass is 35.5. The highest BCUT2D eigenvalue weighted by molar-refractivity contribution is 7.94. The number of anilines is 1. The van der Waals surface area contributed by atoms with Gasteiger partial charge in [-0.2, -0.15) is 0 Å². The molecule has 0 fully saturated rings. The SMILES string of the molecule is NC(=S)c1ccc(Cl)c(NS(=O)(=O)c2ccc(Cl)s2)c1. The van der Waals surface area contributed by atoms with Gasteiger partial charge in [-0.1, -0.05) is 41.5 Å². The van der Waals surface area contributed by atoms with Crippen molar-refractivity contribution in [2.45, 2.75) is 4.21 Å². The molecule has 0 aliphatic carbocycles. The van der Waals surface area contributed by atoms with Gasteiger partial charge in [0.1, 0.15) is 9.20 Å². The van der Waals surface area contributed by atoms with E-state index in [2.05, 4.69) is 4.72 Å². The monoisotopic (exact) mass is 366 g/mol. The van der Waals surface area contributed by atoms with Crippen molar-refractivity contribution >= 4 is 67.5 Å². The third-order valence-electron chi connectivity index (χ3n) is 2.31. The Kier molecular flexibility index (Phi) is 4.55. The molecule has 0 aliphatic heterocycles. The summed E-state index contributed by atoms with van der Waals surface area (Å²) in [5, 5.41) is 0.247. The zero-order valence-corrected chi connectivity index (χ0v) is 13.7. The second kappa shape index (κ2) is 5.87. The molecule has 9 heteroatoms. The Bertz CT molecular complexity index is 772. The van der Waals surface area contributed by atoms with Crippen LogP contribution in [0.1, 0.15) is 5.56 Å². The summed E-state index contributed by atoms with van der Waals surface area (Å²) < 4.78 is 27.2. The van der Waals surface area contributed by atoms with E-state index in [0.717, 1.165) is 11.3 Å². The van der Waals surface area contributed by atoms with Gasteiger partial charge in [0, 0.05) is 5.56 Å². The van der Waals surface area contributed by atoms with Crippen LogP contribution in [0.5, 0.6) is 0 Å². The van der Waals surface area contributed by atoms with Crippen molar-refractivity contribution in [1.82, 2.24) is 0 Å². The van der Waals surface area contributed by atoms with Gasteiger partial charge in [0.15, 0.2) is 0 Å². The van der Waals surface area contributed by atoms with Gasteiger partial charge in [0.2, 0.25) is 0 Å². The molecular weight excluding hydrogens is 359 g/mol. The number of halogens is 2. The van der Waals surface area contributed by atoms with E-state index in [1.807, 2.05) is 0 Å². The fraction of sp³-hybridized carbons (Fsp3) is 0. The zero-order chi connectivity index (χ0) is 14.9. The lowest BCUT2D eigenvalue weighted by Gasteiger charge is -2.09. The minimum atomic E-state index is -3.74. The van der Waals surface area contributed by atoms with E-state index >= 15 is 0 Å². The van der Waals surface area contributed by atoms with Crippen molar-refractivity contribution in [3.8, 4) is 0 Å². The van der Waals surface area contributed by atoms with Crippen LogP contribution < -0.4 is 10.5 Å². The molecule has 0 amide bonds. The van der Waals surface area contributed by atoms with Crippen LogP contribution in [0.4, 0.5) is 5.69 Å². The second-order valence-electron chi connectivity index (χ2n) is 3.72. The smallest absolute Gasteiger partial charge is 0.271 e. The lowest BCUT2D eigenvalue weighted by Crippen LogP contribution is -2.14. The summed E-state index contributed by atoms with van der Waals surface area (Å²) in [7, 11) is -3.74. The van der Waals surface area contributed by atoms with Gasteiger partial charge < -0.3 is 5.73 Å². The molecule has 0 aliphatic rings. The number of thiophene rings is 1. The fourth-order valence-corrected chi connectivity index (χ4v) is 4.30. The number of hydrogen-bond acceptors (Lipinski definition) is 4. The van der Waals surface area contributed by atoms with Crippen LogP contribution in [-0.4, -0.2) is 13.4 Å². The predicted octanol–water partition coefficient (Wildman–Crippen LogP) is 3.49. The van der Waals surface area contributed by atoms with Gasteiger partial charge in [-0.3, -0.25) is 4.72 Å². The van der Waals surface area contributed by atoms with E-state index in [9.17, 15) is 8.42 Å². The summed E-state index contributed by atoms with van der Waals surface area (Å²) >= 11 is 17.5. The Balaban J connectivity index is 2.39. The molecule has 0 atom stereocenters. The predicted molar refractivity (Wildman–Crippen MR) is 87.5 cm³/mol. The topological polar surface area (TPSA) is 72.2 Å². The van der Waals surface area contributed by atoms with E-state index in [0.29, 0.717) is 9.90 Å². The van der Waals surface area contributed by atoms with Gasteiger partial charge in [-0.05, 0) is 24.3 Å². The van der Waals surface area contributed by atoms with Crippen LogP contribution in [-0.2, 0) is 10.0 Å². The molecule has 2 rings (SSSR count). The normalized spacial score (nSPS) is 11.3. The van der Waals surface area contributed by atoms with Crippen LogP contribution >= 0.6 is 46.8 Å². The average molecular weight is 367 g/mol. The summed E-state index contributed by atoms with van der Waals surface area (Å²) in [5.41, 5.74) is 6.24. The lowest BCUT2D eigenvalue weighted by atomic mass is 10.2. The molecule has 0 bridgehead atoms. The number of rotatable bonds is 4. The summed E-state index contributed by atoms with van der Waals surface area (Å²) in [6.45, 7) is 0. The van der Waals surface area contributed by atoms with Crippen LogP contribution in [0, 0.1) is 0 Å². The van der Waals surface area contributed by atoms with Gasteiger partial charge in [0.05, 0.1) is 15.0 Å². The molecule has 0 radical (unpaired) electrons. The first-order valence-electron chi connectivity index (χ1n) is 5.17. The first kappa shape index (κ1) is 15.5. The fourth-order valence-electron chi connectivity index (χ4n) is 1.39. The van der Waals surface area contributed by atoms with E-state index < -0.39 is 10.0 Å². The molecule has 1 heterocycles. The number of benzene rings is 1. The Morgan fingerprint density at radius 1 is 1.25 bits per heavy atom. The number of thiocarbonyl (C=S) groups is 1. The third-order valence-corrected chi connectivity index (χ3v) is 5.96. The maximum absolute atomic E-state index is 12.2. The van der Waals surface area contributed by atoms with E-state index in [1.165, 1.54) is 24.3 Å². The highest BCUT2D eigenvalue weighted by Crippen LogP contribution is 2.30. The van der Waals surface area contributed by atoms with Crippen molar-refractivity contribution in [2.75, 3.05) is 4.72 Å². The molecule has 4 nitrogen and oxygen atoms in total. The number of hydrogen-bond donors (Lipinski definition) is 2. The molecular formula is C11H8Cl2N2O2S3. The molecule has 106 valence electrons. The Morgan fingerprint density at radius 3 is 2.50 bits per heavy atom. The first-order valence-corrected chi connectivity index (χ1v) is 8.63. The van der Waals surface area contributed by atoms with Crippen molar-refractivity contribution in [3.05, 3.63) is 45.3 Å². The van der Waals surface area contributed by atoms with Crippen LogP contribution in [0.2, 0.25) is 9.36 Å². The summed E-state index contributed by atoms with van der Waals surface area (Å²) in [4.78, 5) is 0.154. The van der Waals surface area contributed by atoms with Crippen molar-refractivity contribution in [1.29, 1.82) is 0 Å². The summed E-state index contributed by atoms with van der Waals surface area (Å²) in [6.07, 6.45) is 0. The molecule has 0 unspecified atom stereocenters. The molecule has 3 N–H and O–H groups in total. The Hall–Kier alpha value is -0.860. The summed E-state index contributed by atoms with van der Waals surface area (Å²) in [6, 6.07) is 7.55. The van der Waals surface area contributed by atoms with Crippen LogP contribution in [0.15, 0.2) is 34.5 Å². The molecule has 0 saturated carbocycles. The molecule has 1 aromatic carbocycles. The van der Waals surface area contributed by atoms with E-state index in [1.54, 1.807) is 6.07 Å². The van der Waals surface area contributed by atoms with Gasteiger partial charge >= 0.3 is 0 Å². The Morgan fingerprint density at radius 2 is 1.95 bits per heavy atom. The number of sulfonamides is 1. The van der Waals surface area contributed by atoms with Crippen LogP contribution in [0.25, 0.3) is 0 Å². The van der Waals surface area contributed by atoms with Crippen molar-refractivity contribution < 1.29 is 8.42 Å². The molecule has 20 heavy (non-hydrogen) atoms. The Labute approximate surface area is 135 Å². The first-order chi connectivity index (χ1) is 9.29. The lowest BCUT2D eigenvalue weighted by molar-refractivity contribution is 0.603.